The van der Waals surface area contributed by atoms with E-state index < -0.39 is 83.7 Å². The van der Waals surface area contributed by atoms with Gasteiger partial charge in [-0.1, -0.05) is 214 Å². The number of aromatic nitrogens is 2. The van der Waals surface area contributed by atoms with Crippen LogP contribution in [0.15, 0.2) is 17.1 Å². The molecule has 0 amide bonds. The molecule has 1 fully saturated rings. The van der Waals surface area contributed by atoms with Gasteiger partial charge in [0, 0.05) is 19.0 Å². The molecule has 20 heteroatoms. The lowest BCUT2D eigenvalue weighted by atomic mass is 10.0. The number of anilines is 1. The average molecular weight is 1080 g/mol. The number of aliphatic hydroxyl groups is 2. The third kappa shape index (κ3) is 34.2. The summed E-state index contributed by atoms with van der Waals surface area (Å²) in [5, 5.41) is 20.9. The zero-order valence-corrected chi connectivity index (χ0v) is 47.1. The molecule has 6 N–H and O–H groups in total. The second-order valence-corrected chi connectivity index (χ2v) is 24.2. The molecule has 0 aromatic carbocycles. The molecule has 18 nitrogen and oxygen atoms in total. The zero-order valence-electron chi connectivity index (χ0n) is 45.3. The summed E-state index contributed by atoms with van der Waals surface area (Å²) in [6.07, 6.45) is 30.4. The minimum Gasteiger partial charge on any atom is -0.462 e. The van der Waals surface area contributed by atoms with E-state index >= 15 is 0 Å². The van der Waals surface area contributed by atoms with E-state index in [2.05, 4.69) is 37.0 Å². The fourth-order valence-corrected chi connectivity index (χ4v) is 11.0. The molecule has 1 saturated heterocycles. The van der Waals surface area contributed by atoms with Crippen LogP contribution >= 0.6 is 15.6 Å². The van der Waals surface area contributed by atoms with Crippen molar-refractivity contribution in [1.82, 2.24) is 9.55 Å². The second-order valence-electron chi connectivity index (χ2n) is 21.1. The first-order chi connectivity index (χ1) is 34.9. The molecule has 1 aliphatic rings. The first-order valence-electron chi connectivity index (χ1n) is 28.3. The molecular formula is C53H99N3O15P2. The van der Waals surface area contributed by atoms with Gasteiger partial charge in [0.25, 0.3) is 0 Å². The Labute approximate surface area is 438 Å². The Hall–Kier alpha value is -2.24. The Balaban J connectivity index is 1.74. The number of aliphatic hydroxyl groups excluding tert-OH is 2. The number of ether oxygens (including phenoxy) is 3. The average Bonchev–Trinajstić information content (AvgIpc) is 3.60. The second kappa shape index (κ2) is 40.0. The van der Waals surface area contributed by atoms with Crippen LogP contribution in [0.2, 0.25) is 0 Å². The van der Waals surface area contributed by atoms with Crippen molar-refractivity contribution in [1.29, 1.82) is 0 Å². The summed E-state index contributed by atoms with van der Waals surface area (Å²) in [4.78, 5) is 62.1. The van der Waals surface area contributed by atoms with Crippen molar-refractivity contribution >= 4 is 33.4 Å². The lowest BCUT2D eigenvalue weighted by Gasteiger charge is -2.21. The highest BCUT2D eigenvalue weighted by molar-refractivity contribution is 7.61. The van der Waals surface area contributed by atoms with Gasteiger partial charge >= 0.3 is 33.3 Å². The first-order valence-corrected chi connectivity index (χ1v) is 31.3. The molecule has 0 spiro atoms. The molecule has 0 saturated carbocycles. The van der Waals surface area contributed by atoms with E-state index in [4.69, 9.17) is 29.0 Å². The number of unbranched alkanes of at least 4 members (excludes halogenated alkanes) is 27. The van der Waals surface area contributed by atoms with Crippen LogP contribution in [0.3, 0.4) is 0 Å². The maximum Gasteiger partial charge on any atom is 0.481 e. The summed E-state index contributed by atoms with van der Waals surface area (Å²) in [6, 6.07) is 1.25. The number of carbonyl (C=O) groups excluding carboxylic acids is 2. The predicted octanol–water partition coefficient (Wildman–Crippen LogP) is 12.3. The predicted molar refractivity (Wildman–Crippen MR) is 284 cm³/mol. The third-order valence-electron chi connectivity index (χ3n) is 13.3. The molecule has 426 valence electrons. The summed E-state index contributed by atoms with van der Waals surface area (Å²) in [7, 11) is -10.8. The van der Waals surface area contributed by atoms with E-state index in [1.54, 1.807) is 0 Å². The normalized spacial score (nSPS) is 19.0. The lowest BCUT2D eigenvalue weighted by Crippen LogP contribution is -2.36. The number of esters is 2. The van der Waals surface area contributed by atoms with Crippen molar-refractivity contribution in [3.63, 3.8) is 0 Å². The molecule has 1 aliphatic heterocycles. The summed E-state index contributed by atoms with van der Waals surface area (Å²) in [5.74, 6) is 0.324. The van der Waals surface area contributed by atoms with E-state index in [9.17, 15) is 43.5 Å². The fraction of sp³-hybridized carbons (Fsp3) is 0.887. The number of hydrogen-bond acceptors (Lipinski definition) is 15. The molecule has 0 aliphatic carbocycles. The summed E-state index contributed by atoms with van der Waals surface area (Å²) < 4.78 is 57.0. The van der Waals surface area contributed by atoms with Gasteiger partial charge in [-0.2, -0.15) is 9.29 Å². The molecular weight excluding hydrogens is 981 g/mol. The highest BCUT2D eigenvalue weighted by Crippen LogP contribution is 2.60. The number of nitrogens with zero attached hydrogens (tertiary/aromatic N) is 2. The lowest BCUT2D eigenvalue weighted by molar-refractivity contribution is -0.161. The Kier molecular flexibility index (Phi) is 36.7. The standard InChI is InChI=1S/C53H99N3O15P2/c1-43(2)34-30-26-22-18-14-10-7-5-6-8-12-16-20-24-28-32-36-48(57)66-40-45(69-49(58)37-33-29-25-21-17-13-9-11-15-19-23-27-31-35-44(3)4)41-67-72(62,63)71-73(64,65)68-42-46-50(59)51(60)52(70-46)56-39-38-47(54)55-53(56)61/h38-39,43-46,50-52,59-60H,5-37,40-42H2,1-4H3,(H,62,63)(H,64,65)(H2,54,55,61)/t45-,46-,50+,51?,52-/m1/s1. The molecule has 7 atom stereocenters. The number of phosphoric acid groups is 2. The van der Waals surface area contributed by atoms with Crippen molar-refractivity contribution in [2.75, 3.05) is 25.6 Å². The van der Waals surface area contributed by atoms with Crippen LogP contribution in [0.1, 0.15) is 246 Å². The van der Waals surface area contributed by atoms with Gasteiger partial charge in [-0.05, 0) is 30.7 Å². The van der Waals surface area contributed by atoms with E-state index in [0.717, 1.165) is 61.3 Å². The summed E-state index contributed by atoms with van der Waals surface area (Å²) in [6.45, 7) is 6.86. The molecule has 73 heavy (non-hydrogen) atoms. The van der Waals surface area contributed by atoms with Crippen LogP contribution in [-0.4, -0.2) is 85.7 Å². The van der Waals surface area contributed by atoms with Gasteiger partial charge in [-0.25, -0.2) is 13.9 Å². The largest absolute Gasteiger partial charge is 0.481 e. The van der Waals surface area contributed by atoms with Crippen LogP contribution in [0.25, 0.3) is 0 Å². The molecule has 1 aromatic rings. The molecule has 0 bridgehead atoms. The van der Waals surface area contributed by atoms with Crippen molar-refractivity contribution in [3.05, 3.63) is 22.7 Å². The van der Waals surface area contributed by atoms with Crippen molar-refractivity contribution in [3.8, 4) is 0 Å². The van der Waals surface area contributed by atoms with Gasteiger partial charge in [-0.15, -0.1) is 0 Å². The molecule has 3 unspecified atom stereocenters. The third-order valence-corrected chi connectivity index (χ3v) is 15.9. The van der Waals surface area contributed by atoms with Crippen LogP contribution in [0.4, 0.5) is 5.82 Å². The van der Waals surface area contributed by atoms with E-state index in [0.29, 0.717) is 12.8 Å². The molecule has 2 rings (SSSR count). The quantitative estimate of drug-likeness (QED) is 0.0231. The Morgan fingerprint density at radius 1 is 0.616 bits per heavy atom. The summed E-state index contributed by atoms with van der Waals surface area (Å²) >= 11 is 0. The van der Waals surface area contributed by atoms with Gasteiger partial charge in [0.05, 0.1) is 13.2 Å². The Morgan fingerprint density at radius 2 is 1.01 bits per heavy atom. The zero-order chi connectivity index (χ0) is 53.7. The van der Waals surface area contributed by atoms with E-state index in [1.165, 1.54) is 154 Å². The number of nitrogen functional groups attached to an aromatic ring is 1. The van der Waals surface area contributed by atoms with Gasteiger partial charge in [0.15, 0.2) is 12.3 Å². The van der Waals surface area contributed by atoms with E-state index in [-0.39, 0.29) is 18.7 Å². The first kappa shape index (κ1) is 66.9. The monoisotopic (exact) mass is 1080 g/mol. The van der Waals surface area contributed by atoms with Crippen molar-refractivity contribution in [2.45, 2.75) is 270 Å². The van der Waals surface area contributed by atoms with Crippen molar-refractivity contribution < 1.29 is 66.3 Å². The van der Waals surface area contributed by atoms with Crippen LogP contribution in [0, 0.1) is 11.8 Å². The number of rotatable bonds is 47. The SMILES string of the molecule is CC(C)CCCCCCCCCCCCCCCCCCC(=O)OC[C@H](COP(=O)(O)OP(=O)(O)OC[C@H]1O[C@@H](n2ccc(N)nc2=O)C(O)[C@H]1O)OC(=O)CCCCCCCCCCCCCCCC(C)C. The Morgan fingerprint density at radius 3 is 1.44 bits per heavy atom. The molecule has 2 heterocycles. The number of hydrogen-bond donors (Lipinski definition) is 5. The van der Waals surface area contributed by atoms with Gasteiger partial charge in [-0.3, -0.25) is 23.2 Å². The van der Waals surface area contributed by atoms with Gasteiger partial charge in [0.1, 0.15) is 30.7 Å². The van der Waals surface area contributed by atoms with Gasteiger partial charge in [0.2, 0.25) is 0 Å². The highest BCUT2D eigenvalue weighted by atomic mass is 31.3. The topological polar surface area (TPSA) is 265 Å². The van der Waals surface area contributed by atoms with E-state index in [1.807, 2.05) is 0 Å². The highest BCUT2D eigenvalue weighted by Gasteiger charge is 2.46. The number of nitrogens with two attached hydrogens (primary N) is 1. The van der Waals surface area contributed by atoms with Crippen molar-refractivity contribution in [2.24, 2.45) is 11.8 Å². The smallest absolute Gasteiger partial charge is 0.462 e. The fourth-order valence-electron chi connectivity index (χ4n) is 8.92. The van der Waals surface area contributed by atoms with Crippen LogP contribution in [-0.2, 0) is 46.3 Å². The maximum absolute atomic E-state index is 12.9. The summed E-state index contributed by atoms with van der Waals surface area (Å²) in [5.41, 5.74) is 4.60. The van der Waals surface area contributed by atoms with Gasteiger partial charge < -0.3 is 39.9 Å². The minimum atomic E-state index is -5.42. The maximum atomic E-state index is 12.9. The van der Waals surface area contributed by atoms with Crippen LogP contribution < -0.4 is 11.4 Å². The molecule has 1 aromatic heterocycles. The minimum absolute atomic E-state index is 0.0571. The Bertz CT molecular complexity index is 1750. The molecule has 0 radical (unpaired) electrons. The van der Waals surface area contributed by atoms with Crippen LogP contribution in [0.5, 0.6) is 0 Å². The number of phosphoric ester groups is 2. The number of carbonyl (C=O) groups is 2.